The van der Waals surface area contributed by atoms with Crippen LogP contribution in [0.1, 0.15) is 17.3 Å². The lowest BCUT2D eigenvalue weighted by atomic mass is 10.3. The molecular formula is C13H12F3N7. The van der Waals surface area contributed by atoms with Crippen LogP contribution in [0.25, 0.3) is 5.52 Å². The minimum absolute atomic E-state index is 0.163. The monoisotopic (exact) mass is 323 g/mol. The summed E-state index contributed by atoms with van der Waals surface area (Å²) in [5.41, 5.74) is 1.70. The number of alkyl halides is 3. The zero-order valence-electron chi connectivity index (χ0n) is 12.1. The van der Waals surface area contributed by atoms with E-state index in [1.807, 2.05) is 16.2 Å². The van der Waals surface area contributed by atoms with E-state index in [2.05, 4.69) is 20.2 Å². The number of halogens is 3. The zero-order valence-corrected chi connectivity index (χ0v) is 12.1. The first kappa shape index (κ1) is 14.0. The van der Waals surface area contributed by atoms with Crippen LogP contribution in [0.4, 0.5) is 19.1 Å². The maximum absolute atomic E-state index is 12.9. The van der Waals surface area contributed by atoms with Gasteiger partial charge in [-0.15, -0.1) is 10.2 Å². The number of nitrogens with zero attached hydrogens (tertiary/aromatic N) is 7. The molecule has 3 aromatic rings. The predicted molar refractivity (Wildman–Crippen MR) is 73.8 cm³/mol. The highest BCUT2D eigenvalue weighted by Gasteiger charge is 2.39. The van der Waals surface area contributed by atoms with Crippen LogP contribution in [0.2, 0.25) is 0 Å². The number of aromatic nitrogens is 6. The number of rotatable bonds is 1. The number of aryl methyl sites for hydroxylation is 1. The van der Waals surface area contributed by atoms with Gasteiger partial charge in [-0.25, -0.2) is 4.98 Å². The van der Waals surface area contributed by atoms with Crippen LogP contribution < -0.4 is 4.90 Å². The third-order valence-electron chi connectivity index (χ3n) is 3.92. The van der Waals surface area contributed by atoms with E-state index in [4.69, 9.17) is 0 Å². The van der Waals surface area contributed by atoms with Crippen molar-refractivity contribution < 1.29 is 13.2 Å². The van der Waals surface area contributed by atoms with E-state index in [0.29, 0.717) is 12.5 Å². The second-order valence-electron chi connectivity index (χ2n) is 5.34. The SMILES string of the molecule is Cc1nccn2c(N3CCn4c(nnc4C(F)(F)F)C3)ncc12. The van der Waals surface area contributed by atoms with Crippen molar-refractivity contribution in [2.75, 3.05) is 11.4 Å². The third-order valence-corrected chi connectivity index (χ3v) is 3.92. The molecular weight excluding hydrogens is 311 g/mol. The number of hydrogen-bond acceptors (Lipinski definition) is 5. The summed E-state index contributed by atoms with van der Waals surface area (Å²) in [5.74, 6) is -0.000386. The molecule has 4 rings (SSSR count). The van der Waals surface area contributed by atoms with Gasteiger partial charge in [-0.2, -0.15) is 13.2 Å². The second kappa shape index (κ2) is 4.67. The van der Waals surface area contributed by atoms with Crippen molar-refractivity contribution in [3.63, 3.8) is 0 Å². The fourth-order valence-electron chi connectivity index (χ4n) is 2.82. The first-order chi connectivity index (χ1) is 10.9. The van der Waals surface area contributed by atoms with Gasteiger partial charge in [-0.1, -0.05) is 0 Å². The van der Waals surface area contributed by atoms with Crippen LogP contribution >= 0.6 is 0 Å². The highest BCUT2D eigenvalue weighted by atomic mass is 19.4. The van der Waals surface area contributed by atoms with Crippen molar-refractivity contribution >= 4 is 11.5 Å². The fraction of sp³-hybridized carbons (Fsp3) is 0.385. The number of fused-ring (bicyclic) bond motifs is 2. The van der Waals surface area contributed by atoms with Crippen molar-refractivity contribution in [1.82, 2.24) is 29.1 Å². The Hall–Kier alpha value is -2.65. The molecule has 0 saturated carbocycles. The summed E-state index contributed by atoms with van der Waals surface area (Å²) in [6.45, 7) is 2.66. The summed E-state index contributed by atoms with van der Waals surface area (Å²) in [6.07, 6.45) is 0.668. The van der Waals surface area contributed by atoms with Crippen LogP contribution in [0, 0.1) is 6.92 Å². The lowest BCUT2D eigenvalue weighted by Crippen LogP contribution is -2.36. The van der Waals surface area contributed by atoms with E-state index < -0.39 is 12.0 Å². The molecule has 0 N–H and O–H groups in total. The highest BCUT2D eigenvalue weighted by molar-refractivity contribution is 5.56. The Balaban J connectivity index is 1.71. The Bertz CT molecular complexity index is 879. The van der Waals surface area contributed by atoms with Crippen molar-refractivity contribution in [2.45, 2.75) is 26.2 Å². The van der Waals surface area contributed by atoms with E-state index in [1.54, 1.807) is 18.6 Å². The van der Waals surface area contributed by atoms with Gasteiger partial charge in [0, 0.05) is 25.5 Å². The highest BCUT2D eigenvalue weighted by Crippen LogP contribution is 2.30. The molecule has 3 aromatic heterocycles. The van der Waals surface area contributed by atoms with Gasteiger partial charge in [0.1, 0.15) is 0 Å². The largest absolute Gasteiger partial charge is 0.451 e. The molecule has 120 valence electrons. The summed E-state index contributed by atoms with van der Waals surface area (Å²) in [5, 5.41) is 6.97. The van der Waals surface area contributed by atoms with Gasteiger partial charge in [-0.05, 0) is 6.92 Å². The average molecular weight is 323 g/mol. The second-order valence-corrected chi connectivity index (χ2v) is 5.34. The first-order valence-electron chi connectivity index (χ1n) is 6.98. The smallest absolute Gasteiger partial charge is 0.333 e. The van der Waals surface area contributed by atoms with E-state index in [1.165, 1.54) is 0 Å². The fourth-order valence-corrected chi connectivity index (χ4v) is 2.82. The normalized spacial score (nSPS) is 15.2. The van der Waals surface area contributed by atoms with Crippen molar-refractivity contribution in [3.05, 3.63) is 35.9 Å². The third kappa shape index (κ3) is 2.13. The topological polar surface area (TPSA) is 64.1 Å². The van der Waals surface area contributed by atoms with Gasteiger partial charge in [0.2, 0.25) is 11.8 Å². The summed E-state index contributed by atoms with van der Waals surface area (Å²) in [4.78, 5) is 10.5. The van der Waals surface area contributed by atoms with Gasteiger partial charge in [-0.3, -0.25) is 9.38 Å². The Morgan fingerprint density at radius 1 is 1.13 bits per heavy atom. The lowest BCUT2D eigenvalue weighted by molar-refractivity contribution is -0.147. The molecule has 23 heavy (non-hydrogen) atoms. The summed E-state index contributed by atoms with van der Waals surface area (Å²) in [6, 6.07) is 0. The van der Waals surface area contributed by atoms with Gasteiger partial charge in [0.05, 0.1) is 24.0 Å². The van der Waals surface area contributed by atoms with E-state index >= 15 is 0 Å². The first-order valence-corrected chi connectivity index (χ1v) is 6.98. The van der Waals surface area contributed by atoms with Crippen LogP contribution in [-0.2, 0) is 19.3 Å². The molecule has 7 nitrogen and oxygen atoms in total. The van der Waals surface area contributed by atoms with E-state index in [-0.39, 0.29) is 18.9 Å². The van der Waals surface area contributed by atoms with Crippen molar-refractivity contribution in [1.29, 1.82) is 0 Å². The molecule has 0 amide bonds. The van der Waals surface area contributed by atoms with Crippen molar-refractivity contribution in [2.24, 2.45) is 0 Å². The predicted octanol–water partition coefficient (Wildman–Crippen LogP) is 1.67. The molecule has 0 atom stereocenters. The average Bonchev–Trinajstić information content (AvgIpc) is 3.10. The molecule has 10 heteroatoms. The van der Waals surface area contributed by atoms with Gasteiger partial charge >= 0.3 is 6.18 Å². The Morgan fingerprint density at radius 3 is 2.74 bits per heavy atom. The maximum Gasteiger partial charge on any atom is 0.451 e. The van der Waals surface area contributed by atoms with Crippen molar-refractivity contribution in [3.8, 4) is 0 Å². The molecule has 0 aromatic carbocycles. The molecule has 0 radical (unpaired) electrons. The Morgan fingerprint density at radius 2 is 1.96 bits per heavy atom. The quantitative estimate of drug-likeness (QED) is 0.681. The molecule has 0 saturated heterocycles. The van der Waals surface area contributed by atoms with Gasteiger partial charge in [0.25, 0.3) is 0 Å². The summed E-state index contributed by atoms with van der Waals surface area (Å²) < 4.78 is 41.6. The van der Waals surface area contributed by atoms with E-state index in [0.717, 1.165) is 15.8 Å². The zero-order chi connectivity index (χ0) is 16.2. The molecule has 0 bridgehead atoms. The molecule has 0 fully saturated rings. The van der Waals surface area contributed by atoms with Crippen LogP contribution in [0.15, 0.2) is 18.6 Å². The molecule has 0 aliphatic carbocycles. The van der Waals surface area contributed by atoms with Crippen LogP contribution in [0.3, 0.4) is 0 Å². The molecule has 1 aliphatic heterocycles. The minimum Gasteiger partial charge on any atom is -0.333 e. The number of hydrogen-bond donors (Lipinski definition) is 0. The van der Waals surface area contributed by atoms with Crippen LogP contribution in [-0.4, -0.2) is 35.7 Å². The lowest BCUT2D eigenvalue weighted by Gasteiger charge is -2.28. The Labute approximate surface area is 128 Å². The number of anilines is 1. The van der Waals surface area contributed by atoms with Crippen LogP contribution in [0.5, 0.6) is 0 Å². The molecule has 1 aliphatic rings. The maximum atomic E-state index is 12.9. The molecule has 0 unspecified atom stereocenters. The van der Waals surface area contributed by atoms with Gasteiger partial charge in [0.15, 0.2) is 5.82 Å². The standard InChI is InChI=1S/C13H12F3N7/c1-8-9-6-18-12(22(9)3-2-17-8)21-4-5-23-10(7-21)19-20-11(23)13(14,15)16/h2-3,6H,4-5,7H2,1H3. The minimum atomic E-state index is -4.49. The molecule has 0 spiro atoms. The van der Waals surface area contributed by atoms with Gasteiger partial charge < -0.3 is 9.47 Å². The molecule has 4 heterocycles. The number of imidazole rings is 1. The summed E-state index contributed by atoms with van der Waals surface area (Å²) in [7, 11) is 0. The summed E-state index contributed by atoms with van der Waals surface area (Å²) >= 11 is 0. The Kier molecular flexibility index (Phi) is 2.84. The van der Waals surface area contributed by atoms with E-state index in [9.17, 15) is 13.2 Å².